The number of hydrogen-bond acceptors (Lipinski definition) is 4. The van der Waals surface area contributed by atoms with Crippen LogP contribution in [0.15, 0.2) is 45.7 Å². The van der Waals surface area contributed by atoms with Crippen LogP contribution >= 0.6 is 27.5 Å². The Bertz CT molecular complexity index is 729. The summed E-state index contributed by atoms with van der Waals surface area (Å²) in [4.78, 5) is 8.41. The minimum atomic E-state index is 0.268. The lowest BCUT2D eigenvalue weighted by molar-refractivity contribution is 0.288. The average Bonchev–Trinajstić information content (AvgIpc) is 2.88. The second-order valence-corrected chi connectivity index (χ2v) is 5.02. The van der Waals surface area contributed by atoms with Crippen molar-refractivity contribution < 1.29 is 9.15 Å². The first-order chi connectivity index (χ1) is 9.24. The Balaban J connectivity index is 1.86. The highest BCUT2D eigenvalue weighted by Crippen LogP contribution is 2.26. The highest BCUT2D eigenvalue weighted by Gasteiger charge is 2.10. The van der Waals surface area contributed by atoms with E-state index in [9.17, 15) is 0 Å². The molecule has 0 amide bonds. The second-order valence-electron chi connectivity index (χ2n) is 3.80. The van der Waals surface area contributed by atoms with Crippen molar-refractivity contribution in [1.82, 2.24) is 9.97 Å². The lowest BCUT2D eigenvalue weighted by Gasteiger charge is -2.05. The van der Waals surface area contributed by atoms with E-state index < -0.39 is 0 Å². The van der Waals surface area contributed by atoms with Crippen LogP contribution in [-0.2, 0) is 6.61 Å². The zero-order chi connectivity index (χ0) is 13.2. The number of halogens is 2. The van der Waals surface area contributed by atoms with Gasteiger partial charge in [0.25, 0.3) is 0 Å². The lowest BCUT2D eigenvalue weighted by atomic mass is 10.2. The van der Waals surface area contributed by atoms with Crippen molar-refractivity contribution in [3.63, 3.8) is 0 Å². The summed E-state index contributed by atoms with van der Waals surface area (Å²) in [7, 11) is 0. The molecule has 0 aliphatic carbocycles. The van der Waals surface area contributed by atoms with Crippen molar-refractivity contribution in [1.29, 1.82) is 0 Å². The maximum absolute atomic E-state index is 6.03. The monoisotopic (exact) mass is 338 g/mol. The highest BCUT2D eigenvalue weighted by molar-refractivity contribution is 9.10. The van der Waals surface area contributed by atoms with Crippen LogP contribution in [-0.4, -0.2) is 9.97 Å². The average molecular weight is 340 g/mol. The van der Waals surface area contributed by atoms with E-state index in [1.54, 1.807) is 24.6 Å². The summed E-state index contributed by atoms with van der Waals surface area (Å²) in [6.45, 7) is 0.268. The van der Waals surface area contributed by atoms with E-state index in [1.165, 1.54) is 0 Å². The standard InChI is InChI=1S/C13H8BrClN2O2/c14-11-2-1-3-12(17-11)19-7-10-13-8(4-5-18-13)9(15)6-16-10/h1-6H,7H2. The molecule has 0 bridgehead atoms. The number of aromatic nitrogens is 2. The van der Waals surface area contributed by atoms with Gasteiger partial charge in [-0.1, -0.05) is 17.7 Å². The molecule has 0 aromatic carbocycles. The van der Waals surface area contributed by atoms with Crippen molar-refractivity contribution in [2.24, 2.45) is 0 Å². The fourth-order valence-electron chi connectivity index (χ4n) is 1.70. The van der Waals surface area contributed by atoms with Gasteiger partial charge in [-0.15, -0.1) is 0 Å². The summed E-state index contributed by atoms with van der Waals surface area (Å²) in [5.41, 5.74) is 1.33. The second kappa shape index (κ2) is 5.19. The molecule has 0 fully saturated rings. The van der Waals surface area contributed by atoms with Crippen LogP contribution in [0.25, 0.3) is 11.0 Å². The molecule has 0 radical (unpaired) electrons. The summed E-state index contributed by atoms with van der Waals surface area (Å²) < 4.78 is 11.7. The van der Waals surface area contributed by atoms with Gasteiger partial charge in [-0.25, -0.2) is 4.98 Å². The summed E-state index contributed by atoms with van der Waals surface area (Å²) in [6, 6.07) is 7.27. The van der Waals surface area contributed by atoms with Crippen molar-refractivity contribution in [3.8, 4) is 5.88 Å². The van der Waals surface area contributed by atoms with E-state index in [1.807, 2.05) is 12.1 Å². The van der Waals surface area contributed by atoms with E-state index in [4.69, 9.17) is 20.8 Å². The first-order valence-electron chi connectivity index (χ1n) is 5.50. The molecule has 0 unspecified atom stereocenters. The number of fused-ring (bicyclic) bond motifs is 1. The molecule has 0 aliphatic heterocycles. The Morgan fingerprint density at radius 1 is 1.32 bits per heavy atom. The van der Waals surface area contributed by atoms with Gasteiger partial charge in [0.2, 0.25) is 5.88 Å². The van der Waals surface area contributed by atoms with Crippen LogP contribution < -0.4 is 4.74 Å². The summed E-state index contributed by atoms with van der Waals surface area (Å²) in [5, 5.41) is 1.39. The molecule has 3 aromatic rings. The SMILES string of the molecule is Clc1cnc(COc2cccc(Br)n2)c2occc12. The molecular weight excluding hydrogens is 332 g/mol. The Kier molecular flexibility index (Phi) is 3.40. The predicted octanol–water partition coefficient (Wildman–Crippen LogP) is 4.22. The van der Waals surface area contributed by atoms with Gasteiger partial charge in [0.05, 0.1) is 11.3 Å². The highest BCUT2D eigenvalue weighted by atomic mass is 79.9. The van der Waals surface area contributed by atoms with Gasteiger partial charge in [0, 0.05) is 17.6 Å². The molecule has 0 saturated heterocycles. The van der Waals surface area contributed by atoms with Gasteiger partial charge >= 0.3 is 0 Å². The number of furan rings is 1. The third kappa shape index (κ3) is 2.57. The van der Waals surface area contributed by atoms with E-state index >= 15 is 0 Å². The molecule has 3 aromatic heterocycles. The summed E-state index contributed by atoms with van der Waals surface area (Å²) in [5.74, 6) is 0.519. The minimum absolute atomic E-state index is 0.268. The normalized spacial score (nSPS) is 10.8. The molecule has 4 nitrogen and oxygen atoms in total. The van der Waals surface area contributed by atoms with E-state index in [0.717, 1.165) is 9.99 Å². The van der Waals surface area contributed by atoms with E-state index in [2.05, 4.69) is 25.9 Å². The molecular formula is C13H8BrClN2O2. The van der Waals surface area contributed by atoms with Gasteiger partial charge < -0.3 is 9.15 Å². The van der Waals surface area contributed by atoms with Crippen molar-refractivity contribution >= 4 is 38.5 Å². The van der Waals surface area contributed by atoms with Crippen LogP contribution in [0.4, 0.5) is 0 Å². The maximum Gasteiger partial charge on any atom is 0.214 e. The number of pyridine rings is 2. The molecule has 96 valence electrons. The molecule has 6 heteroatoms. The van der Waals surface area contributed by atoms with Crippen LogP contribution in [0.5, 0.6) is 5.88 Å². The Morgan fingerprint density at radius 3 is 3.05 bits per heavy atom. The van der Waals surface area contributed by atoms with Gasteiger partial charge in [-0.05, 0) is 28.1 Å². The number of rotatable bonds is 3. The topological polar surface area (TPSA) is 48.2 Å². The molecule has 19 heavy (non-hydrogen) atoms. The fourth-order valence-corrected chi connectivity index (χ4v) is 2.22. The molecule has 3 heterocycles. The van der Waals surface area contributed by atoms with Gasteiger partial charge in [-0.3, -0.25) is 4.98 Å². The summed E-state index contributed by atoms with van der Waals surface area (Å²) in [6.07, 6.45) is 3.17. The minimum Gasteiger partial charge on any atom is -0.471 e. The maximum atomic E-state index is 6.03. The van der Waals surface area contributed by atoms with Crippen LogP contribution in [0.1, 0.15) is 5.69 Å². The first kappa shape index (κ1) is 12.4. The van der Waals surface area contributed by atoms with E-state index in [-0.39, 0.29) is 6.61 Å². The quantitative estimate of drug-likeness (QED) is 0.670. The summed E-state index contributed by atoms with van der Waals surface area (Å²) >= 11 is 9.32. The first-order valence-corrected chi connectivity index (χ1v) is 6.67. The zero-order valence-corrected chi connectivity index (χ0v) is 12.0. The Labute approximate surface area is 122 Å². The van der Waals surface area contributed by atoms with Crippen LogP contribution in [0, 0.1) is 0 Å². The van der Waals surface area contributed by atoms with Crippen LogP contribution in [0.2, 0.25) is 5.02 Å². The number of ether oxygens (including phenoxy) is 1. The third-order valence-electron chi connectivity index (χ3n) is 2.56. The smallest absolute Gasteiger partial charge is 0.214 e. The third-order valence-corrected chi connectivity index (χ3v) is 3.31. The van der Waals surface area contributed by atoms with Crippen molar-refractivity contribution in [2.45, 2.75) is 6.61 Å². The van der Waals surface area contributed by atoms with Gasteiger partial charge in [-0.2, -0.15) is 0 Å². The number of nitrogens with zero attached hydrogens (tertiary/aromatic N) is 2. The molecule has 0 spiro atoms. The molecule has 0 saturated carbocycles. The largest absolute Gasteiger partial charge is 0.471 e. The van der Waals surface area contributed by atoms with Gasteiger partial charge in [0.15, 0.2) is 5.58 Å². The number of hydrogen-bond donors (Lipinski definition) is 0. The zero-order valence-electron chi connectivity index (χ0n) is 9.64. The molecule has 0 atom stereocenters. The lowest BCUT2D eigenvalue weighted by Crippen LogP contribution is -2.00. The molecule has 0 aliphatic rings. The van der Waals surface area contributed by atoms with Crippen LogP contribution in [0.3, 0.4) is 0 Å². The van der Waals surface area contributed by atoms with E-state index in [0.29, 0.717) is 22.2 Å². The predicted molar refractivity (Wildman–Crippen MR) is 75.3 cm³/mol. The van der Waals surface area contributed by atoms with Gasteiger partial charge in [0.1, 0.15) is 16.9 Å². The van der Waals surface area contributed by atoms with Crippen molar-refractivity contribution in [2.75, 3.05) is 0 Å². The molecule has 3 rings (SSSR count). The Morgan fingerprint density at radius 2 is 2.21 bits per heavy atom. The fraction of sp³-hybridized carbons (Fsp3) is 0.0769. The molecule has 0 N–H and O–H groups in total. The Hall–Kier alpha value is -1.59. The van der Waals surface area contributed by atoms with Crippen molar-refractivity contribution in [3.05, 3.63) is 52.0 Å².